The Kier molecular flexibility index (Phi) is 8.32. The van der Waals surface area contributed by atoms with Crippen LogP contribution < -0.4 is 0 Å². The van der Waals surface area contributed by atoms with Crippen molar-refractivity contribution in [3.8, 4) is 0 Å². The average Bonchev–Trinajstić information content (AvgIpc) is 2.31. The highest BCUT2D eigenvalue weighted by atomic mass is 16.5. The minimum atomic E-state index is -1.73. The summed E-state index contributed by atoms with van der Waals surface area (Å²) < 4.78 is 4.96. The molecule has 0 aromatic heterocycles. The molecule has 0 saturated carbocycles. The number of rotatable bonds is 9. The van der Waals surface area contributed by atoms with Gasteiger partial charge in [0.05, 0.1) is 6.61 Å². The monoisotopic (exact) mass is 236 g/mol. The Balaban J connectivity index is 3.88. The van der Waals surface area contributed by atoms with Crippen LogP contribution in [0.4, 0.5) is 0 Å². The van der Waals surface area contributed by atoms with Crippen molar-refractivity contribution in [2.45, 2.75) is 38.1 Å². The Labute approximate surface area is 94.5 Å². The Morgan fingerprint density at radius 2 is 1.94 bits per heavy atom. The van der Waals surface area contributed by atoms with Crippen molar-refractivity contribution in [3.63, 3.8) is 0 Å². The molecule has 0 fully saturated rings. The van der Waals surface area contributed by atoms with Gasteiger partial charge in [0.25, 0.3) is 0 Å². The summed E-state index contributed by atoms with van der Waals surface area (Å²) in [6.07, 6.45) is -3.21. The number of ketones is 1. The average molecular weight is 236 g/mol. The molecule has 3 atom stereocenters. The van der Waals surface area contributed by atoms with Crippen LogP contribution in [0.5, 0.6) is 0 Å². The molecule has 0 rings (SSSR count). The van der Waals surface area contributed by atoms with Crippen molar-refractivity contribution in [1.29, 1.82) is 0 Å². The zero-order valence-electron chi connectivity index (χ0n) is 9.37. The lowest BCUT2D eigenvalue weighted by Crippen LogP contribution is -2.45. The zero-order chi connectivity index (χ0) is 12.6. The molecule has 0 unspecified atom stereocenters. The number of aliphatic hydroxyl groups is 4. The third kappa shape index (κ3) is 5.53. The molecule has 0 aliphatic carbocycles. The van der Waals surface area contributed by atoms with E-state index in [-0.39, 0.29) is 6.61 Å². The van der Waals surface area contributed by atoms with Gasteiger partial charge in [-0.25, -0.2) is 0 Å². The number of carbonyl (C=O) groups excluding carboxylic acids is 1. The van der Waals surface area contributed by atoms with E-state index >= 15 is 0 Å². The van der Waals surface area contributed by atoms with E-state index in [9.17, 15) is 15.0 Å². The first-order chi connectivity index (χ1) is 7.54. The fourth-order valence-electron chi connectivity index (χ4n) is 1.01. The molecular formula is C10H20O6. The summed E-state index contributed by atoms with van der Waals surface area (Å²) in [7, 11) is 0. The van der Waals surface area contributed by atoms with Crippen molar-refractivity contribution >= 4 is 5.78 Å². The minimum Gasteiger partial charge on any atom is -0.394 e. The van der Waals surface area contributed by atoms with Crippen LogP contribution in [-0.4, -0.2) is 64.3 Å². The number of aliphatic hydroxyl groups excluding tert-OH is 4. The van der Waals surface area contributed by atoms with E-state index in [2.05, 4.69) is 0 Å². The Bertz CT molecular complexity index is 196. The molecule has 0 saturated heterocycles. The van der Waals surface area contributed by atoms with Crippen LogP contribution in [0.3, 0.4) is 0 Å². The van der Waals surface area contributed by atoms with E-state index in [0.29, 0.717) is 6.61 Å². The van der Waals surface area contributed by atoms with Gasteiger partial charge in [0.1, 0.15) is 24.9 Å². The fourth-order valence-corrected chi connectivity index (χ4v) is 1.01. The van der Waals surface area contributed by atoms with Gasteiger partial charge >= 0.3 is 0 Å². The second-order valence-electron chi connectivity index (χ2n) is 3.56. The van der Waals surface area contributed by atoms with Gasteiger partial charge in [0, 0.05) is 6.61 Å². The van der Waals surface area contributed by atoms with Crippen LogP contribution in [0.1, 0.15) is 19.8 Å². The maximum absolute atomic E-state index is 11.2. The van der Waals surface area contributed by atoms with E-state index in [1.165, 1.54) is 0 Å². The molecule has 0 radical (unpaired) electrons. The maximum atomic E-state index is 11.2. The second kappa shape index (κ2) is 8.60. The summed E-state index contributed by atoms with van der Waals surface area (Å²) in [6.45, 7) is 1.35. The second-order valence-corrected chi connectivity index (χ2v) is 3.56. The highest BCUT2D eigenvalue weighted by molar-refractivity contribution is 5.84. The molecule has 6 heteroatoms. The lowest BCUT2D eigenvalue weighted by Gasteiger charge is -2.20. The summed E-state index contributed by atoms with van der Waals surface area (Å²) >= 11 is 0. The number of ether oxygens (including phenoxy) is 1. The summed E-state index contributed by atoms with van der Waals surface area (Å²) in [4.78, 5) is 11.2. The number of Topliss-reactive ketones (excluding diaryl/α,β-unsaturated/α-hetero) is 1. The zero-order valence-corrected chi connectivity index (χ0v) is 9.37. The number of unbranched alkanes of at least 4 members (excludes halogenated alkanes) is 1. The summed E-state index contributed by atoms with van der Waals surface area (Å²) in [5.41, 5.74) is 0. The lowest BCUT2D eigenvalue weighted by atomic mass is 10.1. The Morgan fingerprint density at radius 3 is 2.44 bits per heavy atom. The molecule has 0 aromatic carbocycles. The first-order valence-electron chi connectivity index (χ1n) is 5.30. The summed E-state index contributed by atoms with van der Waals surface area (Å²) in [5, 5.41) is 36.0. The summed E-state index contributed by atoms with van der Waals surface area (Å²) in [6, 6.07) is 0. The molecule has 0 bridgehead atoms. The van der Waals surface area contributed by atoms with Crippen LogP contribution in [0.15, 0.2) is 0 Å². The first-order valence-corrected chi connectivity index (χ1v) is 5.30. The Morgan fingerprint density at radius 1 is 1.31 bits per heavy atom. The molecule has 0 aromatic rings. The normalized spacial score (nSPS) is 16.8. The van der Waals surface area contributed by atoms with Gasteiger partial charge in [-0.1, -0.05) is 13.3 Å². The molecule has 6 nitrogen and oxygen atoms in total. The first kappa shape index (κ1) is 15.5. The molecule has 96 valence electrons. The molecule has 0 spiro atoms. The van der Waals surface area contributed by atoms with Gasteiger partial charge < -0.3 is 25.2 Å². The molecule has 0 heterocycles. The van der Waals surface area contributed by atoms with Crippen LogP contribution in [0.2, 0.25) is 0 Å². The lowest BCUT2D eigenvalue weighted by molar-refractivity contribution is -0.144. The molecule has 16 heavy (non-hydrogen) atoms. The molecular weight excluding hydrogens is 216 g/mol. The molecule has 0 amide bonds. The van der Waals surface area contributed by atoms with Crippen molar-refractivity contribution in [2.75, 3.05) is 19.8 Å². The van der Waals surface area contributed by atoms with Crippen molar-refractivity contribution in [1.82, 2.24) is 0 Å². The van der Waals surface area contributed by atoms with Crippen molar-refractivity contribution in [3.05, 3.63) is 0 Å². The van der Waals surface area contributed by atoms with Gasteiger partial charge in [0.2, 0.25) is 0 Å². The number of carbonyl (C=O) groups is 1. The fraction of sp³-hybridized carbons (Fsp3) is 0.900. The van der Waals surface area contributed by atoms with Crippen molar-refractivity contribution < 1.29 is 30.0 Å². The van der Waals surface area contributed by atoms with Crippen LogP contribution >= 0.6 is 0 Å². The SMILES string of the molecule is CCCCOCC(=O)[C@H](O)[C@@H](O)[C@H](O)CO. The van der Waals surface area contributed by atoms with E-state index in [0.717, 1.165) is 12.8 Å². The van der Waals surface area contributed by atoms with Crippen molar-refractivity contribution in [2.24, 2.45) is 0 Å². The van der Waals surface area contributed by atoms with Crippen LogP contribution in [0.25, 0.3) is 0 Å². The Hall–Kier alpha value is -0.530. The highest BCUT2D eigenvalue weighted by Gasteiger charge is 2.29. The number of hydrogen-bond acceptors (Lipinski definition) is 6. The van der Waals surface area contributed by atoms with E-state index in [4.69, 9.17) is 14.9 Å². The van der Waals surface area contributed by atoms with E-state index in [1.807, 2.05) is 6.92 Å². The van der Waals surface area contributed by atoms with Gasteiger partial charge in [0.15, 0.2) is 5.78 Å². The van der Waals surface area contributed by atoms with E-state index < -0.39 is 30.7 Å². The summed E-state index contributed by atoms with van der Waals surface area (Å²) in [5.74, 6) is -0.712. The van der Waals surface area contributed by atoms with Gasteiger partial charge in [-0.05, 0) is 6.42 Å². The maximum Gasteiger partial charge on any atom is 0.189 e. The van der Waals surface area contributed by atoms with Gasteiger partial charge in [-0.2, -0.15) is 0 Å². The predicted octanol–water partition coefficient (Wildman–Crippen LogP) is -1.55. The van der Waals surface area contributed by atoms with Gasteiger partial charge in [-0.15, -0.1) is 0 Å². The van der Waals surface area contributed by atoms with Crippen LogP contribution in [0, 0.1) is 0 Å². The highest BCUT2D eigenvalue weighted by Crippen LogP contribution is 2.02. The number of hydrogen-bond donors (Lipinski definition) is 4. The smallest absolute Gasteiger partial charge is 0.189 e. The van der Waals surface area contributed by atoms with Crippen LogP contribution in [-0.2, 0) is 9.53 Å². The molecule has 0 aliphatic rings. The minimum absolute atomic E-state index is 0.309. The standard InChI is InChI=1S/C10H20O6/c1-2-3-4-16-6-8(13)10(15)9(14)7(12)5-11/h7,9-12,14-15H,2-6H2,1H3/t7-,9+,10+/m1/s1. The predicted molar refractivity (Wildman–Crippen MR) is 55.8 cm³/mol. The van der Waals surface area contributed by atoms with Gasteiger partial charge in [-0.3, -0.25) is 4.79 Å². The third-order valence-electron chi connectivity index (χ3n) is 2.12. The third-order valence-corrected chi connectivity index (χ3v) is 2.12. The topological polar surface area (TPSA) is 107 Å². The molecule has 0 aliphatic heterocycles. The largest absolute Gasteiger partial charge is 0.394 e. The van der Waals surface area contributed by atoms with E-state index in [1.54, 1.807) is 0 Å². The molecule has 4 N–H and O–H groups in total. The quantitative estimate of drug-likeness (QED) is 0.361.